The molecule has 228 valence electrons. The summed E-state index contributed by atoms with van der Waals surface area (Å²) in [4.78, 5) is 0. The predicted molar refractivity (Wildman–Crippen MR) is 205 cm³/mol. The van der Waals surface area contributed by atoms with E-state index in [1.54, 1.807) is 0 Å². The molecule has 48 heavy (non-hydrogen) atoms. The number of unbranched alkanes of at least 4 members (excludes halogenated alkanes) is 1. The topological polar surface area (TPSA) is 9.86 Å². The molecule has 8 aromatic carbocycles. The van der Waals surface area contributed by atoms with Gasteiger partial charge in [-0.15, -0.1) is 0 Å². The van der Waals surface area contributed by atoms with Crippen LogP contribution in [-0.2, 0) is 6.42 Å². The third kappa shape index (κ3) is 3.99. The number of benzene rings is 8. The molecule has 0 amide bonds. The highest BCUT2D eigenvalue weighted by Gasteiger charge is 2.20. The van der Waals surface area contributed by atoms with E-state index in [2.05, 4.69) is 168 Å². The zero-order chi connectivity index (χ0) is 31.8. The molecule has 10 rings (SSSR count). The quantitative estimate of drug-likeness (QED) is 0.165. The molecule has 0 unspecified atom stereocenters. The van der Waals surface area contributed by atoms with Crippen LogP contribution in [0, 0.1) is 0 Å². The van der Waals surface area contributed by atoms with Crippen LogP contribution >= 0.6 is 0 Å². The van der Waals surface area contributed by atoms with Crippen molar-refractivity contribution in [3.8, 4) is 22.5 Å². The number of para-hydroxylation sites is 1. The van der Waals surface area contributed by atoms with Crippen LogP contribution in [0.15, 0.2) is 152 Å². The van der Waals surface area contributed by atoms with Crippen molar-refractivity contribution in [1.82, 2.24) is 9.13 Å². The Hall–Kier alpha value is -5.86. The third-order valence-corrected chi connectivity index (χ3v) is 10.4. The molecule has 2 heteroatoms. The van der Waals surface area contributed by atoms with Gasteiger partial charge in [0.15, 0.2) is 0 Å². The lowest BCUT2D eigenvalue weighted by Crippen LogP contribution is -1.95. The largest absolute Gasteiger partial charge is 0.309 e. The molecule has 0 aliphatic rings. The zero-order valence-corrected chi connectivity index (χ0v) is 26.9. The van der Waals surface area contributed by atoms with E-state index in [9.17, 15) is 0 Å². The van der Waals surface area contributed by atoms with Crippen LogP contribution in [0.2, 0.25) is 0 Å². The normalized spacial score (nSPS) is 12.1. The predicted octanol–water partition coefficient (Wildman–Crippen LogP) is 12.6. The fourth-order valence-corrected chi connectivity index (χ4v) is 8.15. The van der Waals surface area contributed by atoms with Gasteiger partial charge in [-0.25, -0.2) is 0 Å². The molecule has 2 aromatic heterocycles. The number of fused-ring (bicyclic) bond motifs is 4. The standard InChI is InChI=1S/C46H34N2/c1-2-3-9-30-16-21-35(22-17-30)47-43-15-8-12-32-19-24-39-37(25-27-44(47)46(39)45(32)43)34-20-26-42-40(29-34)38-13-6-7-14-41(38)48(42)36-23-18-31-10-4-5-11-33(31)28-36/h4-8,10-29H,2-3,9H2,1H3. The highest BCUT2D eigenvalue weighted by molar-refractivity contribution is 6.26. The van der Waals surface area contributed by atoms with E-state index in [0.717, 1.165) is 6.42 Å². The lowest BCUT2D eigenvalue weighted by Gasteiger charge is -2.12. The molecule has 0 spiro atoms. The van der Waals surface area contributed by atoms with E-state index in [1.165, 1.54) is 106 Å². The van der Waals surface area contributed by atoms with Crippen molar-refractivity contribution >= 4 is 65.2 Å². The summed E-state index contributed by atoms with van der Waals surface area (Å²) >= 11 is 0. The number of aryl methyl sites for hydroxylation is 1. The highest BCUT2D eigenvalue weighted by atomic mass is 15.0. The summed E-state index contributed by atoms with van der Waals surface area (Å²) in [6, 6.07) is 56.5. The first kappa shape index (κ1) is 27.3. The van der Waals surface area contributed by atoms with Crippen molar-refractivity contribution in [2.45, 2.75) is 26.2 Å². The second-order valence-corrected chi connectivity index (χ2v) is 13.2. The molecule has 2 nitrogen and oxygen atoms in total. The second kappa shape index (κ2) is 10.6. The zero-order valence-electron chi connectivity index (χ0n) is 26.9. The first-order valence-electron chi connectivity index (χ1n) is 17.2. The number of nitrogens with zero attached hydrogens (tertiary/aromatic N) is 2. The lowest BCUT2D eigenvalue weighted by molar-refractivity contribution is 0.795. The van der Waals surface area contributed by atoms with Gasteiger partial charge in [0.05, 0.1) is 22.1 Å². The van der Waals surface area contributed by atoms with Crippen molar-refractivity contribution in [2.75, 3.05) is 0 Å². The van der Waals surface area contributed by atoms with Gasteiger partial charge in [0.25, 0.3) is 0 Å². The third-order valence-electron chi connectivity index (χ3n) is 10.4. The van der Waals surface area contributed by atoms with Crippen LogP contribution < -0.4 is 0 Å². The monoisotopic (exact) mass is 614 g/mol. The van der Waals surface area contributed by atoms with Gasteiger partial charge in [0.2, 0.25) is 0 Å². The second-order valence-electron chi connectivity index (χ2n) is 13.2. The summed E-state index contributed by atoms with van der Waals surface area (Å²) in [5.41, 5.74) is 11.3. The fraction of sp³-hybridized carbons (Fsp3) is 0.0870. The number of aromatic nitrogens is 2. The minimum atomic E-state index is 1.14. The van der Waals surface area contributed by atoms with Gasteiger partial charge in [-0.1, -0.05) is 110 Å². The van der Waals surface area contributed by atoms with Crippen molar-refractivity contribution in [3.05, 3.63) is 157 Å². The van der Waals surface area contributed by atoms with Gasteiger partial charge in [-0.05, 0) is 106 Å². The molecule has 0 saturated heterocycles. The number of hydrogen-bond donors (Lipinski definition) is 0. The average molecular weight is 615 g/mol. The minimum Gasteiger partial charge on any atom is -0.309 e. The molecule has 0 saturated carbocycles. The van der Waals surface area contributed by atoms with Crippen LogP contribution in [0.5, 0.6) is 0 Å². The van der Waals surface area contributed by atoms with Gasteiger partial charge < -0.3 is 9.13 Å². The van der Waals surface area contributed by atoms with Crippen LogP contribution in [-0.4, -0.2) is 9.13 Å². The molecule has 0 N–H and O–H groups in total. The Balaban J connectivity index is 1.17. The SMILES string of the molecule is CCCCc1ccc(-n2c3cccc4ccc5c(-c6ccc7c(c6)c6ccccc6n7-c6ccc7ccccc7c6)ccc2c5c43)cc1. The molecular formula is C46H34N2. The molecular weight excluding hydrogens is 581 g/mol. The maximum atomic E-state index is 2.46. The van der Waals surface area contributed by atoms with E-state index in [0.29, 0.717) is 0 Å². The minimum absolute atomic E-state index is 1.14. The smallest absolute Gasteiger partial charge is 0.0547 e. The van der Waals surface area contributed by atoms with E-state index in [-0.39, 0.29) is 0 Å². The summed E-state index contributed by atoms with van der Waals surface area (Å²) in [6.45, 7) is 2.26. The Bertz CT molecular complexity index is 2810. The summed E-state index contributed by atoms with van der Waals surface area (Å²) in [5.74, 6) is 0. The molecule has 0 atom stereocenters. The van der Waals surface area contributed by atoms with Gasteiger partial charge in [-0.2, -0.15) is 0 Å². The Morgan fingerprint density at radius 1 is 0.438 bits per heavy atom. The fourth-order valence-electron chi connectivity index (χ4n) is 8.15. The summed E-state index contributed by atoms with van der Waals surface area (Å²) in [7, 11) is 0. The van der Waals surface area contributed by atoms with Crippen LogP contribution in [0.3, 0.4) is 0 Å². The maximum absolute atomic E-state index is 2.46. The Labute approximate surface area is 279 Å². The molecule has 10 aromatic rings. The van der Waals surface area contributed by atoms with Gasteiger partial charge in [-0.3, -0.25) is 0 Å². The van der Waals surface area contributed by atoms with Crippen molar-refractivity contribution < 1.29 is 0 Å². The van der Waals surface area contributed by atoms with E-state index >= 15 is 0 Å². The molecule has 0 aliphatic heterocycles. The first-order chi connectivity index (χ1) is 23.8. The van der Waals surface area contributed by atoms with Gasteiger partial charge >= 0.3 is 0 Å². The molecule has 0 bridgehead atoms. The molecule has 0 aliphatic carbocycles. The molecule has 0 radical (unpaired) electrons. The summed E-state index contributed by atoms with van der Waals surface area (Å²) in [6.07, 6.45) is 3.58. The van der Waals surface area contributed by atoms with Crippen molar-refractivity contribution in [2.24, 2.45) is 0 Å². The van der Waals surface area contributed by atoms with Gasteiger partial charge in [0.1, 0.15) is 0 Å². The summed E-state index contributed by atoms with van der Waals surface area (Å²) in [5, 5.41) is 10.3. The molecule has 2 heterocycles. The Kier molecular flexibility index (Phi) is 6.01. The highest BCUT2D eigenvalue weighted by Crippen LogP contribution is 2.43. The van der Waals surface area contributed by atoms with E-state index < -0.39 is 0 Å². The molecule has 0 fully saturated rings. The average Bonchev–Trinajstić information content (AvgIpc) is 3.66. The number of rotatable bonds is 6. The van der Waals surface area contributed by atoms with Crippen molar-refractivity contribution in [1.29, 1.82) is 0 Å². The van der Waals surface area contributed by atoms with Crippen molar-refractivity contribution in [3.63, 3.8) is 0 Å². The lowest BCUT2D eigenvalue weighted by atomic mass is 9.94. The Morgan fingerprint density at radius 2 is 1.12 bits per heavy atom. The summed E-state index contributed by atoms with van der Waals surface area (Å²) < 4.78 is 4.87. The maximum Gasteiger partial charge on any atom is 0.0547 e. The number of hydrogen-bond acceptors (Lipinski definition) is 0. The van der Waals surface area contributed by atoms with Gasteiger partial charge in [0, 0.05) is 32.9 Å². The van der Waals surface area contributed by atoms with Crippen LogP contribution in [0.25, 0.3) is 87.7 Å². The van der Waals surface area contributed by atoms with Crippen LogP contribution in [0.1, 0.15) is 25.3 Å². The Morgan fingerprint density at radius 3 is 2.02 bits per heavy atom. The van der Waals surface area contributed by atoms with E-state index in [1.807, 2.05) is 0 Å². The first-order valence-corrected chi connectivity index (χ1v) is 17.2. The van der Waals surface area contributed by atoms with E-state index in [4.69, 9.17) is 0 Å². The van der Waals surface area contributed by atoms with Crippen LogP contribution in [0.4, 0.5) is 0 Å².